The summed E-state index contributed by atoms with van der Waals surface area (Å²) in [5.74, 6) is -5.46. The Morgan fingerprint density at radius 2 is 1.90 bits per heavy atom. The first kappa shape index (κ1) is 21.4. The van der Waals surface area contributed by atoms with Gasteiger partial charge in [-0.3, -0.25) is 14.2 Å². The van der Waals surface area contributed by atoms with Crippen molar-refractivity contribution in [2.45, 2.75) is 39.7 Å². The minimum atomic E-state index is -1.26. The van der Waals surface area contributed by atoms with Crippen molar-refractivity contribution in [3.8, 4) is 5.75 Å². The molecule has 0 unspecified atom stereocenters. The van der Waals surface area contributed by atoms with E-state index in [1.807, 2.05) is 13.8 Å². The zero-order chi connectivity index (χ0) is 22.2. The molecule has 3 aromatic rings. The summed E-state index contributed by atoms with van der Waals surface area (Å²) in [5.41, 5.74) is 0.159. The molecule has 2 N–H and O–H groups in total. The molecule has 0 bridgehead atoms. The normalized spacial score (nSPS) is 12.2. The topological polar surface area (TPSA) is 71.3 Å². The average molecular weight is 418 g/mol. The molecular formula is C22H21F3N2O3. The first-order valence-electron chi connectivity index (χ1n) is 9.46. The Bertz CT molecular complexity index is 1150. The van der Waals surface area contributed by atoms with E-state index in [0.717, 1.165) is 16.7 Å². The van der Waals surface area contributed by atoms with Crippen LogP contribution in [0.1, 0.15) is 41.9 Å². The number of hydrogen-bond acceptors (Lipinski definition) is 3. The Kier molecular flexibility index (Phi) is 5.87. The molecule has 1 amide bonds. The van der Waals surface area contributed by atoms with Crippen LogP contribution in [0, 0.1) is 24.4 Å². The average Bonchev–Trinajstić information content (AvgIpc) is 2.96. The van der Waals surface area contributed by atoms with Crippen molar-refractivity contribution in [1.82, 2.24) is 9.88 Å². The molecule has 30 heavy (non-hydrogen) atoms. The Balaban J connectivity index is 2.22. The molecule has 0 aliphatic rings. The second kappa shape index (κ2) is 8.22. The fourth-order valence-electron chi connectivity index (χ4n) is 3.37. The van der Waals surface area contributed by atoms with E-state index in [1.54, 1.807) is 0 Å². The first-order valence-corrected chi connectivity index (χ1v) is 9.46. The van der Waals surface area contributed by atoms with Gasteiger partial charge >= 0.3 is 0 Å². The highest BCUT2D eigenvalue weighted by molar-refractivity contribution is 6.05. The van der Waals surface area contributed by atoms with Gasteiger partial charge in [0.25, 0.3) is 5.91 Å². The standard InChI is InChI=1S/C22H21F3N2O3/c1-4-11(2)26-18(28)9-15-12(3)27(22(30)13-6-5-7-14(23)8-13)17-10-16(24)21(29)20(25)19(15)17/h5-8,10-11,29H,4,9H2,1-3H3,(H,26,28)/t11-/m0/s1. The number of hydrogen-bond donors (Lipinski definition) is 2. The van der Waals surface area contributed by atoms with Gasteiger partial charge in [0, 0.05) is 28.8 Å². The van der Waals surface area contributed by atoms with E-state index < -0.39 is 35.0 Å². The maximum atomic E-state index is 14.8. The highest BCUT2D eigenvalue weighted by Gasteiger charge is 2.27. The van der Waals surface area contributed by atoms with Crippen LogP contribution in [-0.2, 0) is 11.2 Å². The lowest BCUT2D eigenvalue weighted by Crippen LogP contribution is -2.33. The monoisotopic (exact) mass is 418 g/mol. The summed E-state index contributed by atoms with van der Waals surface area (Å²) >= 11 is 0. The second-order valence-corrected chi connectivity index (χ2v) is 7.18. The summed E-state index contributed by atoms with van der Waals surface area (Å²) < 4.78 is 43.5. The van der Waals surface area contributed by atoms with Crippen molar-refractivity contribution >= 4 is 22.7 Å². The number of halogens is 3. The number of aromatic nitrogens is 1. The second-order valence-electron chi connectivity index (χ2n) is 7.18. The number of nitrogens with one attached hydrogen (secondary N) is 1. The Morgan fingerprint density at radius 3 is 2.53 bits per heavy atom. The maximum Gasteiger partial charge on any atom is 0.262 e. The third-order valence-corrected chi connectivity index (χ3v) is 5.12. The molecule has 1 aromatic heterocycles. The summed E-state index contributed by atoms with van der Waals surface area (Å²) in [7, 11) is 0. The number of carbonyl (C=O) groups excluding carboxylic acids is 2. The van der Waals surface area contributed by atoms with E-state index in [0.29, 0.717) is 6.42 Å². The van der Waals surface area contributed by atoms with Crippen LogP contribution in [-0.4, -0.2) is 27.5 Å². The Morgan fingerprint density at radius 1 is 1.20 bits per heavy atom. The highest BCUT2D eigenvalue weighted by Crippen LogP contribution is 2.35. The first-order chi connectivity index (χ1) is 14.1. The van der Waals surface area contributed by atoms with Crippen molar-refractivity contribution < 1.29 is 27.9 Å². The molecule has 0 saturated carbocycles. The van der Waals surface area contributed by atoms with Crippen LogP contribution in [0.3, 0.4) is 0 Å². The number of amides is 1. The van der Waals surface area contributed by atoms with Gasteiger partial charge in [0.2, 0.25) is 5.91 Å². The highest BCUT2D eigenvalue weighted by atomic mass is 19.1. The van der Waals surface area contributed by atoms with Crippen LogP contribution < -0.4 is 5.32 Å². The minimum Gasteiger partial charge on any atom is -0.503 e. The fourth-order valence-corrected chi connectivity index (χ4v) is 3.37. The van der Waals surface area contributed by atoms with Gasteiger partial charge in [-0.25, -0.2) is 13.2 Å². The smallest absolute Gasteiger partial charge is 0.262 e. The van der Waals surface area contributed by atoms with Crippen LogP contribution in [0.2, 0.25) is 0 Å². The summed E-state index contributed by atoms with van der Waals surface area (Å²) in [4.78, 5) is 25.5. The molecule has 0 aliphatic heterocycles. The van der Waals surface area contributed by atoms with Crippen LogP contribution in [0.5, 0.6) is 5.75 Å². The quantitative estimate of drug-likeness (QED) is 0.652. The third kappa shape index (κ3) is 3.77. The molecule has 0 spiro atoms. The van der Waals surface area contributed by atoms with Crippen molar-refractivity contribution in [3.63, 3.8) is 0 Å². The molecule has 2 aromatic carbocycles. The maximum absolute atomic E-state index is 14.8. The van der Waals surface area contributed by atoms with E-state index in [4.69, 9.17) is 0 Å². The fraction of sp³-hybridized carbons (Fsp3) is 0.273. The van der Waals surface area contributed by atoms with E-state index in [1.165, 1.54) is 25.1 Å². The number of fused-ring (bicyclic) bond motifs is 1. The Labute approximate surface area is 171 Å². The van der Waals surface area contributed by atoms with Gasteiger partial charge in [0.1, 0.15) is 5.82 Å². The summed E-state index contributed by atoms with van der Waals surface area (Å²) in [6.07, 6.45) is 0.406. The van der Waals surface area contributed by atoms with Crippen LogP contribution in [0.4, 0.5) is 13.2 Å². The summed E-state index contributed by atoms with van der Waals surface area (Å²) in [5, 5.41) is 12.3. The van der Waals surface area contributed by atoms with E-state index in [2.05, 4.69) is 5.32 Å². The van der Waals surface area contributed by atoms with Gasteiger partial charge in [0.05, 0.1) is 11.9 Å². The molecule has 0 saturated heterocycles. The van der Waals surface area contributed by atoms with Gasteiger partial charge in [0.15, 0.2) is 17.4 Å². The third-order valence-electron chi connectivity index (χ3n) is 5.12. The Hall–Kier alpha value is -3.29. The molecule has 1 atom stereocenters. The number of rotatable bonds is 5. The van der Waals surface area contributed by atoms with Crippen LogP contribution in [0.15, 0.2) is 30.3 Å². The van der Waals surface area contributed by atoms with Crippen molar-refractivity contribution in [2.75, 3.05) is 0 Å². The van der Waals surface area contributed by atoms with Crippen LogP contribution >= 0.6 is 0 Å². The molecule has 158 valence electrons. The van der Waals surface area contributed by atoms with Gasteiger partial charge in [-0.15, -0.1) is 0 Å². The summed E-state index contributed by atoms with van der Waals surface area (Å²) in [6, 6.07) is 5.61. The van der Waals surface area contributed by atoms with Crippen molar-refractivity contribution in [1.29, 1.82) is 0 Å². The number of phenols is 1. The lowest BCUT2D eigenvalue weighted by molar-refractivity contribution is -0.121. The molecule has 0 aliphatic carbocycles. The van der Waals surface area contributed by atoms with E-state index >= 15 is 0 Å². The van der Waals surface area contributed by atoms with Gasteiger partial charge < -0.3 is 10.4 Å². The van der Waals surface area contributed by atoms with Crippen molar-refractivity contribution in [2.24, 2.45) is 0 Å². The van der Waals surface area contributed by atoms with Gasteiger partial charge in [-0.05, 0) is 44.0 Å². The number of benzene rings is 2. The summed E-state index contributed by atoms with van der Waals surface area (Å²) in [6.45, 7) is 5.18. The zero-order valence-electron chi connectivity index (χ0n) is 16.7. The molecular weight excluding hydrogens is 397 g/mol. The van der Waals surface area contributed by atoms with E-state index in [9.17, 15) is 27.9 Å². The predicted octanol–water partition coefficient (Wildman–Crippen LogP) is 4.22. The van der Waals surface area contributed by atoms with Crippen LogP contribution in [0.25, 0.3) is 10.9 Å². The number of aromatic hydroxyl groups is 1. The SMILES string of the molecule is CC[C@H](C)NC(=O)Cc1c(C)n(C(=O)c2cccc(F)c2)c2cc(F)c(O)c(F)c12. The van der Waals surface area contributed by atoms with Gasteiger partial charge in [-0.1, -0.05) is 13.0 Å². The molecule has 0 fully saturated rings. The minimum absolute atomic E-state index is 0.0282. The lowest BCUT2D eigenvalue weighted by Gasteiger charge is -2.12. The number of phenolic OH excluding ortho intramolecular Hbond substituents is 1. The lowest BCUT2D eigenvalue weighted by atomic mass is 10.1. The van der Waals surface area contributed by atoms with E-state index in [-0.39, 0.29) is 40.2 Å². The van der Waals surface area contributed by atoms with Gasteiger partial charge in [-0.2, -0.15) is 0 Å². The predicted molar refractivity (Wildman–Crippen MR) is 106 cm³/mol. The largest absolute Gasteiger partial charge is 0.503 e. The number of nitrogens with zero attached hydrogens (tertiary/aromatic N) is 1. The van der Waals surface area contributed by atoms with Crippen molar-refractivity contribution in [3.05, 3.63) is 64.6 Å². The molecule has 0 radical (unpaired) electrons. The molecule has 5 nitrogen and oxygen atoms in total. The molecule has 8 heteroatoms. The molecule has 1 heterocycles. The zero-order valence-corrected chi connectivity index (χ0v) is 16.7. The number of carbonyl (C=O) groups is 2. The molecule has 3 rings (SSSR count).